The summed E-state index contributed by atoms with van der Waals surface area (Å²) >= 11 is 0. The summed E-state index contributed by atoms with van der Waals surface area (Å²) in [5, 5.41) is 0. The van der Waals surface area contributed by atoms with Gasteiger partial charge in [-0.15, -0.1) is 0 Å². The van der Waals surface area contributed by atoms with Gasteiger partial charge in [0.15, 0.2) is 11.5 Å². The molecular weight excluding hydrogens is 408 g/mol. The van der Waals surface area contributed by atoms with E-state index < -0.39 is 10.0 Å². The number of ether oxygens (including phenoxy) is 3. The van der Waals surface area contributed by atoms with Crippen LogP contribution in [0.5, 0.6) is 17.2 Å². The number of methoxy groups -OCH3 is 2. The summed E-state index contributed by atoms with van der Waals surface area (Å²) in [6.45, 7) is 3.45. The molecule has 0 saturated carbocycles. The molecule has 0 spiro atoms. The number of hydrogen-bond donors (Lipinski definition) is 0. The van der Waals surface area contributed by atoms with E-state index in [9.17, 15) is 13.2 Å². The minimum Gasteiger partial charge on any atom is -0.497 e. The molecule has 9 heteroatoms. The van der Waals surface area contributed by atoms with Gasteiger partial charge in [0.1, 0.15) is 5.75 Å². The predicted molar refractivity (Wildman–Crippen MR) is 112 cm³/mol. The third-order valence-electron chi connectivity index (χ3n) is 4.93. The van der Waals surface area contributed by atoms with Gasteiger partial charge < -0.3 is 19.1 Å². The summed E-state index contributed by atoms with van der Waals surface area (Å²) in [4.78, 5) is 14.7. The topological polar surface area (TPSA) is 85.4 Å². The second-order valence-corrected chi connectivity index (χ2v) is 8.61. The number of carbonyl (C=O) groups is 1. The summed E-state index contributed by atoms with van der Waals surface area (Å²) in [5.41, 5.74) is 0.474. The highest BCUT2D eigenvalue weighted by molar-refractivity contribution is 7.89. The monoisotopic (exact) mass is 434 g/mol. The molecule has 0 N–H and O–H groups in total. The molecule has 0 bridgehead atoms. The van der Waals surface area contributed by atoms with Crippen LogP contribution in [0, 0.1) is 0 Å². The minimum atomic E-state index is -3.62. The lowest BCUT2D eigenvalue weighted by molar-refractivity contribution is 0.0697. The van der Waals surface area contributed by atoms with E-state index in [0.29, 0.717) is 42.5 Å². The summed E-state index contributed by atoms with van der Waals surface area (Å²) in [6.07, 6.45) is 0. The second kappa shape index (κ2) is 9.36. The molecule has 1 amide bonds. The number of sulfonamides is 1. The first-order valence-corrected chi connectivity index (χ1v) is 11.1. The lowest BCUT2D eigenvalue weighted by Gasteiger charge is -2.34. The smallest absolute Gasteiger partial charge is 0.254 e. The van der Waals surface area contributed by atoms with Crippen LogP contribution in [0.1, 0.15) is 17.3 Å². The average Bonchev–Trinajstić information content (AvgIpc) is 2.79. The van der Waals surface area contributed by atoms with Crippen LogP contribution < -0.4 is 14.2 Å². The van der Waals surface area contributed by atoms with Crippen molar-refractivity contribution < 1.29 is 27.4 Å². The highest BCUT2D eigenvalue weighted by Crippen LogP contribution is 2.29. The van der Waals surface area contributed by atoms with Crippen LogP contribution in [0.3, 0.4) is 0 Å². The van der Waals surface area contributed by atoms with E-state index in [2.05, 4.69) is 0 Å². The van der Waals surface area contributed by atoms with Gasteiger partial charge in [-0.1, -0.05) is 0 Å². The predicted octanol–water partition coefficient (Wildman–Crippen LogP) is 2.25. The Morgan fingerprint density at radius 3 is 2.17 bits per heavy atom. The van der Waals surface area contributed by atoms with E-state index in [1.54, 1.807) is 35.2 Å². The zero-order valence-electron chi connectivity index (χ0n) is 17.3. The van der Waals surface area contributed by atoms with E-state index in [1.807, 2.05) is 6.92 Å². The average molecular weight is 435 g/mol. The molecule has 1 aliphatic rings. The molecule has 8 nitrogen and oxygen atoms in total. The van der Waals surface area contributed by atoms with E-state index in [0.717, 1.165) is 0 Å². The maximum Gasteiger partial charge on any atom is 0.254 e. The molecule has 162 valence electrons. The molecule has 3 rings (SSSR count). The summed E-state index contributed by atoms with van der Waals surface area (Å²) in [6, 6.07) is 11.3. The fraction of sp³-hybridized carbons (Fsp3) is 0.381. The van der Waals surface area contributed by atoms with Crippen LogP contribution in [0.4, 0.5) is 0 Å². The third kappa shape index (κ3) is 4.52. The van der Waals surface area contributed by atoms with Crippen LogP contribution in [0.25, 0.3) is 0 Å². The standard InChI is InChI=1S/C21H26N2O6S/c1-4-29-19-10-5-16(15-20(19)28-3)21(24)22-11-13-23(14-12-22)30(25,26)18-8-6-17(27-2)7-9-18/h5-10,15H,4,11-14H2,1-3H3. The van der Waals surface area contributed by atoms with Crippen molar-refractivity contribution in [3.63, 3.8) is 0 Å². The molecule has 0 atom stereocenters. The molecule has 0 aromatic heterocycles. The molecular formula is C21H26N2O6S. The van der Waals surface area contributed by atoms with Crippen molar-refractivity contribution in [2.45, 2.75) is 11.8 Å². The van der Waals surface area contributed by atoms with Crippen LogP contribution in [0.15, 0.2) is 47.4 Å². The summed E-state index contributed by atoms with van der Waals surface area (Å²) in [5.74, 6) is 1.49. The van der Waals surface area contributed by atoms with E-state index in [1.165, 1.54) is 30.7 Å². The molecule has 30 heavy (non-hydrogen) atoms. The number of hydrogen-bond acceptors (Lipinski definition) is 6. The Morgan fingerprint density at radius 2 is 1.60 bits per heavy atom. The van der Waals surface area contributed by atoms with Crippen LogP contribution >= 0.6 is 0 Å². The van der Waals surface area contributed by atoms with Crippen molar-refractivity contribution in [2.24, 2.45) is 0 Å². The molecule has 1 fully saturated rings. The van der Waals surface area contributed by atoms with Crippen molar-refractivity contribution in [3.8, 4) is 17.2 Å². The third-order valence-corrected chi connectivity index (χ3v) is 6.85. The van der Waals surface area contributed by atoms with Gasteiger partial charge in [0.2, 0.25) is 10.0 Å². The van der Waals surface area contributed by atoms with Gasteiger partial charge in [-0.3, -0.25) is 4.79 Å². The Bertz CT molecular complexity index is 983. The van der Waals surface area contributed by atoms with Crippen molar-refractivity contribution in [1.29, 1.82) is 0 Å². The number of amides is 1. The van der Waals surface area contributed by atoms with Gasteiger partial charge in [0.05, 0.1) is 25.7 Å². The minimum absolute atomic E-state index is 0.169. The number of nitrogens with zero attached hydrogens (tertiary/aromatic N) is 2. The van der Waals surface area contributed by atoms with Crippen LogP contribution in [-0.2, 0) is 10.0 Å². The Labute approximate surface area is 177 Å². The zero-order chi connectivity index (χ0) is 21.7. The Morgan fingerprint density at radius 1 is 0.933 bits per heavy atom. The number of rotatable bonds is 7. The van der Waals surface area contributed by atoms with Gasteiger partial charge in [-0.25, -0.2) is 8.42 Å². The van der Waals surface area contributed by atoms with Gasteiger partial charge in [0.25, 0.3) is 5.91 Å². The first-order valence-electron chi connectivity index (χ1n) is 9.65. The molecule has 1 aliphatic heterocycles. The largest absolute Gasteiger partial charge is 0.497 e. The van der Waals surface area contributed by atoms with Crippen molar-refractivity contribution in [2.75, 3.05) is 47.0 Å². The molecule has 0 aliphatic carbocycles. The van der Waals surface area contributed by atoms with Crippen LogP contribution in [0.2, 0.25) is 0 Å². The normalized spacial score (nSPS) is 15.0. The van der Waals surface area contributed by atoms with Gasteiger partial charge in [-0.05, 0) is 49.4 Å². The Hall–Kier alpha value is -2.78. The molecule has 1 saturated heterocycles. The highest BCUT2D eigenvalue weighted by Gasteiger charge is 2.30. The Balaban J connectivity index is 1.68. The van der Waals surface area contributed by atoms with E-state index in [4.69, 9.17) is 14.2 Å². The molecule has 2 aromatic carbocycles. The SMILES string of the molecule is CCOc1ccc(C(=O)N2CCN(S(=O)(=O)c3ccc(OC)cc3)CC2)cc1OC. The lowest BCUT2D eigenvalue weighted by Crippen LogP contribution is -2.50. The second-order valence-electron chi connectivity index (χ2n) is 6.67. The molecule has 1 heterocycles. The van der Waals surface area contributed by atoms with Gasteiger partial charge in [0, 0.05) is 31.7 Å². The lowest BCUT2D eigenvalue weighted by atomic mass is 10.1. The number of benzene rings is 2. The first kappa shape index (κ1) is 21.9. The zero-order valence-corrected chi connectivity index (χ0v) is 18.1. The maximum absolute atomic E-state index is 12.9. The van der Waals surface area contributed by atoms with Crippen LogP contribution in [-0.4, -0.2) is 70.5 Å². The van der Waals surface area contributed by atoms with Crippen molar-refractivity contribution in [1.82, 2.24) is 9.21 Å². The van der Waals surface area contributed by atoms with Gasteiger partial charge >= 0.3 is 0 Å². The van der Waals surface area contributed by atoms with Crippen molar-refractivity contribution in [3.05, 3.63) is 48.0 Å². The molecule has 0 radical (unpaired) electrons. The quantitative estimate of drug-likeness (QED) is 0.665. The van der Waals surface area contributed by atoms with Gasteiger partial charge in [-0.2, -0.15) is 4.31 Å². The first-order chi connectivity index (χ1) is 14.4. The summed E-state index contributed by atoms with van der Waals surface area (Å²) in [7, 11) is -0.570. The van der Waals surface area contributed by atoms with E-state index in [-0.39, 0.29) is 23.9 Å². The molecule has 2 aromatic rings. The molecule has 0 unspecified atom stereocenters. The maximum atomic E-state index is 12.9. The fourth-order valence-electron chi connectivity index (χ4n) is 3.29. The highest BCUT2D eigenvalue weighted by atomic mass is 32.2. The van der Waals surface area contributed by atoms with E-state index >= 15 is 0 Å². The number of piperazine rings is 1. The number of carbonyl (C=O) groups excluding carboxylic acids is 1. The summed E-state index contributed by atoms with van der Waals surface area (Å²) < 4.78 is 43.0. The fourth-order valence-corrected chi connectivity index (χ4v) is 4.71. The van der Waals surface area contributed by atoms with Crippen molar-refractivity contribution >= 4 is 15.9 Å². The Kier molecular flexibility index (Phi) is 6.84.